The highest BCUT2D eigenvalue weighted by atomic mass is 16.5. The normalized spacial score (nSPS) is 12.8. The molecule has 0 heterocycles. The Labute approximate surface area is 129 Å². The highest BCUT2D eigenvalue weighted by Crippen LogP contribution is 2.21. The van der Waals surface area contributed by atoms with E-state index in [9.17, 15) is 0 Å². The summed E-state index contributed by atoms with van der Waals surface area (Å²) in [7, 11) is 0. The van der Waals surface area contributed by atoms with Crippen LogP contribution < -0.4 is 4.74 Å². The Hall–Kier alpha value is -1.50. The molecule has 0 unspecified atom stereocenters. The van der Waals surface area contributed by atoms with Gasteiger partial charge in [-0.25, -0.2) is 0 Å². The first-order valence-corrected chi connectivity index (χ1v) is 8.26. The second-order valence-corrected chi connectivity index (χ2v) is 6.58. The van der Waals surface area contributed by atoms with Crippen molar-refractivity contribution in [3.8, 4) is 5.75 Å². The van der Waals surface area contributed by atoms with Gasteiger partial charge < -0.3 is 4.74 Å². The number of rotatable bonds is 8. The molecule has 0 fully saturated rings. The van der Waals surface area contributed by atoms with Gasteiger partial charge in [0.25, 0.3) is 0 Å². The van der Waals surface area contributed by atoms with Crippen LogP contribution in [0.3, 0.4) is 0 Å². The molecule has 0 aromatic heterocycles. The van der Waals surface area contributed by atoms with Crippen molar-refractivity contribution in [1.82, 2.24) is 0 Å². The van der Waals surface area contributed by atoms with Gasteiger partial charge >= 0.3 is 0 Å². The van der Waals surface area contributed by atoms with Gasteiger partial charge in [0, 0.05) is 0 Å². The molecule has 2 aromatic rings. The molecule has 1 heteroatoms. The van der Waals surface area contributed by atoms with Gasteiger partial charge in [-0.2, -0.15) is 0 Å². The second kappa shape index (κ2) is 8.07. The van der Waals surface area contributed by atoms with Crippen molar-refractivity contribution >= 4 is 10.8 Å². The summed E-state index contributed by atoms with van der Waals surface area (Å²) in [6.07, 6.45) is 5.15. The van der Waals surface area contributed by atoms with E-state index in [4.69, 9.17) is 4.74 Å². The quantitative estimate of drug-likeness (QED) is 0.571. The van der Waals surface area contributed by atoms with Gasteiger partial charge in [0.15, 0.2) is 0 Å². The third kappa shape index (κ3) is 5.41. The maximum atomic E-state index is 5.91. The van der Waals surface area contributed by atoms with Crippen LogP contribution >= 0.6 is 0 Å². The van der Waals surface area contributed by atoms with Crippen LogP contribution in [0.15, 0.2) is 42.5 Å². The third-order valence-electron chi connectivity index (χ3n) is 4.08. The van der Waals surface area contributed by atoms with Crippen molar-refractivity contribution in [2.45, 2.75) is 46.5 Å². The van der Waals surface area contributed by atoms with E-state index in [0.717, 1.165) is 30.6 Å². The molecular formula is C20H28O. The summed E-state index contributed by atoms with van der Waals surface area (Å²) < 4.78 is 5.91. The molecule has 0 amide bonds. The average molecular weight is 284 g/mol. The first-order chi connectivity index (χ1) is 10.1. The first-order valence-electron chi connectivity index (χ1n) is 8.26. The Bertz CT molecular complexity index is 544. The third-order valence-corrected chi connectivity index (χ3v) is 4.08. The van der Waals surface area contributed by atoms with Gasteiger partial charge in [-0.1, -0.05) is 70.4 Å². The van der Waals surface area contributed by atoms with E-state index < -0.39 is 0 Å². The van der Waals surface area contributed by atoms with E-state index in [1.165, 1.54) is 30.0 Å². The Morgan fingerprint density at radius 3 is 2.38 bits per heavy atom. The van der Waals surface area contributed by atoms with Crippen molar-refractivity contribution in [3.05, 3.63) is 42.5 Å². The van der Waals surface area contributed by atoms with Crippen LogP contribution in [-0.4, -0.2) is 6.61 Å². The minimum Gasteiger partial charge on any atom is -0.494 e. The fourth-order valence-corrected chi connectivity index (χ4v) is 2.65. The number of hydrogen-bond acceptors (Lipinski definition) is 1. The predicted octanol–water partition coefficient (Wildman–Crippen LogP) is 6.07. The Morgan fingerprint density at radius 2 is 1.62 bits per heavy atom. The van der Waals surface area contributed by atoms with E-state index in [1.807, 2.05) is 0 Å². The summed E-state index contributed by atoms with van der Waals surface area (Å²) in [5, 5.41) is 2.52. The van der Waals surface area contributed by atoms with Crippen molar-refractivity contribution < 1.29 is 4.74 Å². The number of ether oxygens (including phenoxy) is 1. The van der Waals surface area contributed by atoms with Gasteiger partial charge in [0.2, 0.25) is 0 Å². The van der Waals surface area contributed by atoms with Crippen molar-refractivity contribution in [3.63, 3.8) is 0 Å². The highest BCUT2D eigenvalue weighted by molar-refractivity contribution is 5.83. The van der Waals surface area contributed by atoms with Gasteiger partial charge in [-0.3, -0.25) is 0 Å². The molecule has 0 bridgehead atoms. The van der Waals surface area contributed by atoms with Crippen LogP contribution in [0, 0.1) is 11.8 Å². The van der Waals surface area contributed by atoms with Crippen LogP contribution in [0.1, 0.15) is 46.5 Å². The molecule has 1 nitrogen and oxygen atoms in total. The summed E-state index contributed by atoms with van der Waals surface area (Å²) in [5.74, 6) is 2.57. The topological polar surface area (TPSA) is 9.23 Å². The molecule has 0 saturated heterocycles. The predicted molar refractivity (Wildman–Crippen MR) is 91.9 cm³/mol. The minimum absolute atomic E-state index is 0.754. The molecule has 0 aliphatic heterocycles. The molecule has 0 radical (unpaired) electrons. The maximum Gasteiger partial charge on any atom is 0.119 e. The Kier molecular flexibility index (Phi) is 6.10. The van der Waals surface area contributed by atoms with Gasteiger partial charge in [0.1, 0.15) is 5.75 Å². The number of fused-ring (bicyclic) bond motifs is 1. The summed E-state index contributed by atoms with van der Waals surface area (Å²) in [5.41, 5.74) is 0. The zero-order valence-electron chi connectivity index (χ0n) is 13.6. The van der Waals surface area contributed by atoms with Crippen LogP contribution in [-0.2, 0) is 0 Å². The average Bonchev–Trinajstić information content (AvgIpc) is 2.47. The molecule has 21 heavy (non-hydrogen) atoms. The lowest BCUT2D eigenvalue weighted by molar-refractivity contribution is 0.276. The summed E-state index contributed by atoms with van der Waals surface area (Å²) >= 11 is 0. The van der Waals surface area contributed by atoms with Crippen LogP contribution in [0.5, 0.6) is 5.75 Å². The number of hydrogen-bond donors (Lipinski definition) is 0. The smallest absolute Gasteiger partial charge is 0.119 e. The lowest BCUT2D eigenvalue weighted by Gasteiger charge is -2.13. The molecule has 0 saturated carbocycles. The molecular weight excluding hydrogens is 256 g/mol. The standard InChI is InChI=1S/C20H28O/c1-16(2)7-6-8-17(3)13-14-21-20-12-11-18-9-4-5-10-19(18)15-20/h4-5,9-12,15-17H,6-8,13-14H2,1-3H3/t17-/m1/s1. The van der Waals surface area contributed by atoms with E-state index in [0.29, 0.717) is 0 Å². The highest BCUT2D eigenvalue weighted by Gasteiger charge is 2.04. The van der Waals surface area contributed by atoms with Crippen LogP contribution in [0.4, 0.5) is 0 Å². The summed E-state index contributed by atoms with van der Waals surface area (Å²) in [6.45, 7) is 7.76. The molecule has 0 N–H and O–H groups in total. The lowest BCUT2D eigenvalue weighted by atomic mass is 9.98. The van der Waals surface area contributed by atoms with Crippen molar-refractivity contribution in [2.24, 2.45) is 11.8 Å². The van der Waals surface area contributed by atoms with Gasteiger partial charge in [-0.15, -0.1) is 0 Å². The van der Waals surface area contributed by atoms with Crippen molar-refractivity contribution in [1.29, 1.82) is 0 Å². The monoisotopic (exact) mass is 284 g/mol. The van der Waals surface area contributed by atoms with E-state index >= 15 is 0 Å². The van der Waals surface area contributed by atoms with Gasteiger partial charge in [-0.05, 0) is 41.2 Å². The fourth-order valence-electron chi connectivity index (χ4n) is 2.65. The molecule has 114 valence electrons. The number of benzene rings is 2. The molecule has 1 atom stereocenters. The zero-order valence-corrected chi connectivity index (χ0v) is 13.6. The van der Waals surface area contributed by atoms with Crippen LogP contribution in [0.2, 0.25) is 0 Å². The van der Waals surface area contributed by atoms with Crippen molar-refractivity contribution in [2.75, 3.05) is 6.61 Å². The maximum absolute atomic E-state index is 5.91. The minimum atomic E-state index is 0.754. The molecule has 2 rings (SSSR count). The first kappa shape index (κ1) is 15.9. The Balaban J connectivity index is 1.74. The molecule has 0 spiro atoms. The Morgan fingerprint density at radius 1 is 0.857 bits per heavy atom. The second-order valence-electron chi connectivity index (χ2n) is 6.58. The molecule has 2 aromatic carbocycles. The zero-order chi connectivity index (χ0) is 15.1. The summed E-state index contributed by atoms with van der Waals surface area (Å²) in [4.78, 5) is 0. The SMILES string of the molecule is CC(C)CCC[C@@H](C)CCOc1ccc2ccccc2c1. The van der Waals surface area contributed by atoms with Crippen LogP contribution in [0.25, 0.3) is 10.8 Å². The largest absolute Gasteiger partial charge is 0.494 e. The summed E-state index contributed by atoms with van der Waals surface area (Å²) in [6, 6.07) is 14.8. The molecule has 0 aliphatic carbocycles. The molecule has 0 aliphatic rings. The van der Waals surface area contributed by atoms with Gasteiger partial charge in [0.05, 0.1) is 6.61 Å². The van der Waals surface area contributed by atoms with E-state index in [2.05, 4.69) is 63.2 Å². The van der Waals surface area contributed by atoms with E-state index in [1.54, 1.807) is 0 Å². The van der Waals surface area contributed by atoms with E-state index in [-0.39, 0.29) is 0 Å². The fraction of sp³-hybridized carbons (Fsp3) is 0.500. The lowest BCUT2D eigenvalue weighted by Crippen LogP contribution is -2.04.